The van der Waals surface area contributed by atoms with Crippen molar-refractivity contribution < 1.29 is 14.3 Å². The second-order valence-electron chi connectivity index (χ2n) is 7.60. The van der Waals surface area contributed by atoms with Crippen LogP contribution in [0, 0.1) is 0 Å². The molecular weight excluding hydrogens is 495 g/mol. The van der Waals surface area contributed by atoms with E-state index in [4.69, 9.17) is 39.5 Å². The number of nitrogens with one attached hydrogen (secondary N) is 1. The molecule has 5 nitrogen and oxygen atoms in total. The maximum atomic E-state index is 13.4. The van der Waals surface area contributed by atoms with E-state index in [2.05, 4.69) is 5.32 Å². The monoisotopic (exact) mass is 518 g/mol. The van der Waals surface area contributed by atoms with Crippen LogP contribution in [0.5, 0.6) is 5.75 Å². The van der Waals surface area contributed by atoms with Gasteiger partial charge >= 0.3 is 0 Å². The quantitative estimate of drug-likeness (QED) is 0.368. The van der Waals surface area contributed by atoms with Gasteiger partial charge in [-0.2, -0.15) is 0 Å². The van der Waals surface area contributed by atoms with Crippen molar-refractivity contribution in [3.63, 3.8) is 0 Å². The summed E-state index contributed by atoms with van der Waals surface area (Å²) in [6, 6.07) is 20.6. The maximum absolute atomic E-state index is 13.4. The van der Waals surface area contributed by atoms with Crippen molar-refractivity contribution in [2.24, 2.45) is 0 Å². The van der Waals surface area contributed by atoms with Gasteiger partial charge in [0.05, 0.1) is 0 Å². The number of hydrogen-bond acceptors (Lipinski definition) is 3. The number of carbonyl (C=O) groups is 2. The van der Waals surface area contributed by atoms with Crippen LogP contribution >= 0.6 is 34.8 Å². The Kier molecular flexibility index (Phi) is 9.63. The highest BCUT2D eigenvalue weighted by atomic mass is 35.5. The lowest BCUT2D eigenvalue weighted by atomic mass is 10.0. The molecule has 3 rings (SSSR count). The summed E-state index contributed by atoms with van der Waals surface area (Å²) >= 11 is 18.5. The molecular formula is C26H25Cl3N2O3. The van der Waals surface area contributed by atoms with Gasteiger partial charge in [-0.05, 0) is 48.4 Å². The molecule has 0 unspecified atom stereocenters. The van der Waals surface area contributed by atoms with Crippen molar-refractivity contribution in [1.82, 2.24) is 10.2 Å². The molecule has 0 aliphatic heterocycles. The van der Waals surface area contributed by atoms with Gasteiger partial charge in [-0.3, -0.25) is 9.59 Å². The van der Waals surface area contributed by atoms with Crippen LogP contribution in [0.15, 0.2) is 72.8 Å². The van der Waals surface area contributed by atoms with Crippen molar-refractivity contribution in [1.29, 1.82) is 0 Å². The third-order valence-electron chi connectivity index (χ3n) is 5.14. The molecule has 0 radical (unpaired) electrons. The van der Waals surface area contributed by atoms with Gasteiger partial charge in [0.25, 0.3) is 5.91 Å². The molecule has 8 heteroatoms. The van der Waals surface area contributed by atoms with E-state index in [1.165, 1.54) is 4.90 Å². The number of rotatable bonds is 10. The Morgan fingerprint density at radius 3 is 2.35 bits per heavy atom. The molecule has 0 aromatic heterocycles. The molecule has 2 amide bonds. The third-order valence-corrected chi connectivity index (χ3v) is 5.96. The fraction of sp³-hybridized carbons (Fsp3) is 0.231. The second kappa shape index (κ2) is 12.7. The molecule has 0 saturated carbocycles. The topological polar surface area (TPSA) is 58.6 Å². The molecule has 0 saturated heterocycles. The summed E-state index contributed by atoms with van der Waals surface area (Å²) < 4.78 is 5.70. The van der Waals surface area contributed by atoms with Gasteiger partial charge in [-0.15, -0.1) is 0 Å². The normalized spacial score (nSPS) is 11.5. The molecule has 3 aromatic carbocycles. The van der Waals surface area contributed by atoms with Crippen LogP contribution in [0.1, 0.15) is 18.1 Å². The van der Waals surface area contributed by atoms with Crippen LogP contribution in [0.25, 0.3) is 0 Å². The lowest BCUT2D eigenvalue weighted by molar-refractivity contribution is -0.142. The average Bonchev–Trinajstić information content (AvgIpc) is 2.82. The van der Waals surface area contributed by atoms with E-state index in [0.29, 0.717) is 39.3 Å². The molecule has 3 aromatic rings. The van der Waals surface area contributed by atoms with Crippen LogP contribution in [0.4, 0.5) is 0 Å². The van der Waals surface area contributed by atoms with E-state index in [1.807, 2.05) is 37.3 Å². The summed E-state index contributed by atoms with van der Waals surface area (Å²) in [7, 11) is 0. The molecule has 0 heterocycles. The molecule has 34 heavy (non-hydrogen) atoms. The number of carbonyl (C=O) groups excluding carboxylic acids is 2. The minimum Gasteiger partial charge on any atom is -0.484 e. The van der Waals surface area contributed by atoms with E-state index in [9.17, 15) is 9.59 Å². The molecule has 1 N–H and O–H groups in total. The Bertz CT molecular complexity index is 1130. The van der Waals surface area contributed by atoms with E-state index in [0.717, 1.165) is 5.56 Å². The number of nitrogens with zero attached hydrogens (tertiary/aromatic N) is 1. The molecule has 0 bridgehead atoms. The van der Waals surface area contributed by atoms with E-state index in [-0.39, 0.29) is 25.0 Å². The average molecular weight is 520 g/mol. The summed E-state index contributed by atoms with van der Waals surface area (Å²) in [5.41, 5.74) is 1.60. The van der Waals surface area contributed by atoms with Crippen LogP contribution in [-0.2, 0) is 22.6 Å². The highest BCUT2D eigenvalue weighted by Crippen LogP contribution is 2.24. The molecule has 0 spiro atoms. The Hall–Kier alpha value is -2.73. The summed E-state index contributed by atoms with van der Waals surface area (Å²) in [4.78, 5) is 28.1. The first-order chi connectivity index (χ1) is 16.4. The lowest BCUT2D eigenvalue weighted by Gasteiger charge is -2.31. The SMILES string of the molecule is CCNC(=O)[C@H](Cc1ccccc1)N(Cc1ccc(Cl)cc1Cl)C(=O)COc1cccc(Cl)c1. The van der Waals surface area contributed by atoms with Gasteiger partial charge < -0.3 is 15.0 Å². The summed E-state index contributed by atoms with van der Waals surface area (Å²) in [6.45, 7) is 2.12. The second-order valence-corrected chi connectivity index (χ2v) is 8.88. The van der Waals surface area contributed by atoms with Gasteiger partial charge in [0.15, 0.2) is 6.61 Å². The van der Waals surface area contributed by atoms with Gasteiger partial charge in [0.1, 0.15) is 11.8 Å². The highest BCUT2D eigenvalue weighted by Gasteiger charge is 2.31. The predicted octanol–water partition coefficient (Wildman–Crippen LogP) is 5.80. The van der Waals surface area contributed by atoms with Crippen molar-refractivity contribution >= 4 is 46.6 Å². The first-order valence-electron chi connectivity index (χ1n) is 10.8. The van der Waals surface area contributed by atoms with E-state index < -0.39 is 6.04 Å². The Balaban J connectivity index is 1.92. The Labute approximate surface area is 214 Å². The third kappa shape index (κ3) is 7.39. The summed E-state index contributed by atoms with van der Waals surface area (Å²) in [5.74, 6) is -0.159. The van der Waals surface area contributed by atoms with Crippen LogP contribution in [-0.4, -0.2) is 35.9 Å². The largest absolute Gasteiger partial charge is 0.484 e. The zero-order valence-electron chi connectivity index (χ0n) is 18.6. The molecule has 0 fully saturated rings. The summed E-state index contributed by atoms with van der Waals surface area (Å²) in [6.07, 6.45) is 0.334. The Morgan fingerprint density at radius 1 is 0.941 bits per heavy atom. The standard InChI is InChI=1S/C26H25Cl3N2O3/c1-2-30-26(33)24(13-18-7-4-3-5-8-18)31(16-19-11-12-21(28)15-23(19)29)25(32)17-34-22-10-6-9-20(27)14-22/h3-12,14-15,24H,2,13,16-17H2,1H3,(H,30,33)/t24-/m0/s1. The van der Waals surface area contributed by atoms with Crippen LogP contribution in [0.3, 0.4) is 0 Å². The first-order valence-corrected chi connectivity index (χ1v) is 11.9. The number of halogens is 3. The molecule has 178 valence electrons. The van der Waals surface area contributed by atoms with Gasteiger partial charge in [-0.25, -0.2) is 0 Å². The minimum atomic E-state index is -0.774. The fourth-order valence-electron chi connectivity index (χ4n) is 3.46. The minimum absolute atomic E-state index is 0.113. The highest BCUT2D eigenvalue weighted by molar-refractivity contribution is 6.35. The van der Waals surface area contributed by atoms with Gasteiger partial charge in [0, 0.05) is 34.6 Å². The number of benzene rings is 3. The predicted molar refractivity (Wildman–Crippen MR) is 137 cm³/mol. The number of hydrogen-bond donors (Lipinski definition) is 1. The number of ether oxygens (including phenoxy) is 1. The van der Waals surface area contributed by atoms with Gasteiger partial charge in [-0.1, -0.05) is 77.3 Å². The number of likely N-dealkylation sites (N-methyl/N-ethyl adjacent to an activating group) is 1. The molecule has 0 aliphatic rings. The van der Waals surface area contributed by atoms with Crippen molar-refractivity contribution in [2.45, 2.75) is 25.9 Å². The van der Waals surface area contributed by atoms with E-state index >= 15 is 0 Å². The first kappa shape index (κ1) is 25.9. The zero-order valence-corrected chi connectivity index (χ0v) is 20.9. The fourth-order valence-corrected chi connectivity index (χ4v) is 4.11. The van der Waals surface area contributed by atoms with Crippen LogP contribution < -0.4 is 10.1 Å². The van der Waals surface area contributed by atoms with E-state index in [1.54, 1.807) is 42.5 Å². The van der Waals surface area contributed by atoms with Crippen molar-refractivity contribution in [2.75, 3.05) is 13.2 Å². The Morgan fingerprint density at radius 2 is 1.68 bits per heavy atom. The number of amides is 2. The maximum Gasteiger partial charge on any atom is 0.261 e. The van der Waals surface area contributed by atoms with Crippen LogP contribution in [0.2, 0.25) is 15.1 Å². The van der Waals surface area contributed by atoms with Crippen molar-refractivity contribution in [3.8, 4) is 5.75 Å². The lowest BCUT2D eigenvalue weighted by Crippen LogP contribution is -2.51. The summed E-state index contributed by atoms with van der Waals surface area (Å²) in [5, 5.41) is 4.24. The molecule has 0 aliphatic carbocycles. The van der Waals surface area contributed by atoms with Crippen molar-refractivity contribution in [3.05, 3.63) is 99.0 Å². The van der Waals surface area contributed by atoms with Gasteiger partial charge in [0.2, 0.25) is 5.91 Å². The molecule has 1 atom stereocenters. The smallest absolute Gasteiger partial charge is 0.261 e. The zero-order chi connectivity index (χ0) is 24.5.